The molecule has 2 atom stereocenters. The molecule has 2 aromatic carbocycles. The molecule has 2 N–H and O–H groups in total. The molecule has 0 spiro atoms. The summed E-state index contributed by atoms with van der Waals surface area (Å²) in [5.41, 5.74) is 3.06. The average Bonchev–Trinajstić information content (AvgIpc) is 3.43. The Labute approximate surface area is 191 Å². The van der Waals surface area contributed by atoms with Crippen LogP contribution in [0.5, 0.6) is 0 Å². The van der Waals surface area contributed by atoms with Crippen LogP contribution in [0.2, 0.25) is 5.02 Å². The third kappa shape index (κ3) is 4.84. The number of carbonyl (C=O) groups excluding carboxylic acids is 2. The number of hydrogen-bond acceptors (Lipinski definition) is 5. The summed E-state index contributed by atoms with van der Waals surface area (Å²) in [5, 5.41) is 12.7. The molecule has 32 heavy (non-hydrogen) atoms. The van der Waals surface area contributed by atoms with Gasteiger partial charge >= 0.3 is 0 Å². The molecule has 0 bridgehead atoms. The highest BCUT2D eigenvalue weighted by Crippen LogP contribution is 2.34. The van der Waals surface area contributed by atoms with Crippen molar-refractivity contribution in [3.8, 4) is 0 Å². The number of hydrazone groups is 1. The highest BCUT2D eigenvalue weighted by atomic mass is 35.5. The topological polar surface area (TPSA) is 86.9 Å². The molecule has 164 valence electrons. The minimum absolute atomic E-state index is 0.159. The van der Waals surface area contributed by atoms with Crippen LogP contribution in [0.25, 0.3) is 0 Å². The molecule has 1 aromatic heterocycles. The molecule has 4 rings (SSSR count). The minimum Gasteiger partial charge on any atom is -0.467 e. The third-order valence-electron chi connectivity index (χ3n) is 5.12. The molecule has 0 radical (unpaired) electrons. The molecule has 7 nitrogen and oxygen atoms in total. The maximum absolute atomic E-state index is 13.4. The Kier molecular flexibility index (Phi) is 6.28. The van der Waals surface area contributed by atoms with E-state index in [-0.39, 0.29) is 17.9 Å². The van der Waals surface area contributed by atoms with Crippen molar-refractivity contribution in [2.24, 2.45) is 5.10 Å². The number of anilines is 2. The van der Waals surface area contributed by atoms with Crippen LogP contribution in [0.4, 0.5) is 11.4 Å². The van der Waals surface area contributed by atoms with Crippen LogP contribution in [-0.2, 0) is 9.59 Å². The summed E-state index contributed by atoms with van der Waals surface area (Å²) in [6.07, 6.45) is 2.12. The number of carbonyl (C=O) groups is 2. The van der Waals surface area contributed by atoms with E-state index in [1.807, 2.05) is 30.3 Å². The molecule has 2 heterocycles. The van der Waals surface area contributed by atoms with E-state index in [4.69, 9.17) is 16.0 Å². The van der Waals surface area contributed by atoms with Gasteiger partial charge in [-0.1, -0.05) is 29.8 Å². The minimum atomic E-state index is -0.562. The molecule has 1 aliphatic rings. The molecular formula is C24H23ClN4O3. The summed E-state index contributed by atoms with van der Waals surface area (Å²) in [5.74, 6) is 0.319. The lowest BCUT2D eigenvalue weighted by molar-refractivity contribution is -0.133. The van der Waals surface area contributed by atoms with Gasteiger partial charge in [-0.2, -0.15) is 5.10 Å². The number of amides is 2. The molecule has 0 aliphatic carbocycles. The van der Waals surface area contributed by atoms with Gasteiger partial charge in [0.2, 0.25) is 5.91 Å². The van der Waals surface area contributed by atoms with Crippen molar-refractivity contribution < 1.29 is 14.0 Å². The fourth-order valence-corrected chi connectivity index (χ4v) is 3.76. The van der Waals surface area contributed by atoms with Crippen molar-refractivity contribution in [3.63, 3.8) is 0 Å². The van der Waals surface area contributed by atoms with Crippen LogP contribution in [-0.4, -0.2) is 28.6 Å². The van der Waals surface area contributed by atoms with Crippen molar-refractivity contribution in [2.75, 3.05) is 10.6 Å². The molecule has 0 saturated carbocycles. The van der Waals surface area contributed by atoms with E-state index in [1.165, 1.54) is 11.9 Å². The van der Waals surface area contributed by atoms with Gasteiger partial charge in [0, 0.05) is 29.7 Å². The zero-order valence-electron chi connectivity index (χ0n) is 17.7. The van der Waals surface area contributed by atoms with Crippen molar-refractivity contribution in [1.29, 1.82) is 0 Å². The maximum Gasteiger partial charge on any atom is 0.265 e. The van der Waals surface area contributed by atoms with E-state index in [9.17, 15) is 9.59 Å². The Morgan fingerprint density at radius 2 is 1.88 bits per heavy atom. The SMILES string of the molecule is CC(=O)Nc1cccc(N[C@@H](C)C(=O)N2N=C(c3ccc(Cl)cc3)C[C@@H]2c2ccco2)c1. The summed E-state index contributed by atoms with van der Waals surface area (Å²) in [7, 11) is 0. The Morgan fingerprint density at radius 3 is 2.56 bits per heavy atom. The average molecular weight is 451 g/mol. The van der Waals surface area contributed by atoms with E-state index in [2.05, 4.69) is 15.7 Å². The van der Waals surface area contributed by atoms with Gasteiger partial charge in [-0.05, 0) is 55.0 Å². The Morgan fingerprint density at radius 1 is 1.12 bits per heavy atom. The number of halogens is 1. The van der Waals surface area contributed by atoms with E-state index in [0.29, 0.717) is 28.6 Å². The van der Waals surface area contributed by atoms with Gasteiger partial charge in [0.1, 0.15) is 17.8 Å². The molecule has 0 unspecified atom stereocenters. The number of hydrogen-bond donors (Lipinski definition) is 2. The van der Waals surface area contributed by atoms with Gasteiger partial charge in [0.25, 0.3) is 5.91 Å². The predicted octanol–water partition coefficient (Wildman–Crippen LogP) is 5.07. The van der Waals surface area contributed by atoms with Gasteiger partial charge in [-0.15, -0.1) is 0 Å². The van der Waals surface area contributed by atoms with Gasteiger partial charge in [-0.25, -0.2) is 5.01 Å². The molecule has 0 fully saturated rings. The lowest BCUT2D eigenvalue weighted by Gasteiger charge is -2.24. The highest BCUT2D eigenvalue weighted by molar-refractivity contribution is 6.30. The van der Waals surface area contributed by atoms with Crippen LogP contribution in [0.15, 0.2) is 76.4 Å². The third-order valence-corrected chi connectivity index (χ3v) is 5.37. The first kappa shape index (κ1) is 21.6. The van der Waals surface area contributed by atoms with Crippen molar-refractivity contribution in [1.82, 2.24) is 5.01 Å². The smallest absolute Gasteiger partial charge is 0.265 e. The summed E-state index contributed by atoms with van der Waals surface area (Å²) < 4.78 is 5.60. The predicted molar refractivity (Wildman–Crippen MR) is 125 cm³/mol. The zero-order chi connectivity index (χ0) is 22.7. The molecule has 3 aromatic rings. The molecular weight excluding hydrogens is 428 g/mol. The first-order valence-electron chi connectivity index (χ1n) is 10.2. The monoisotopic (exact) mass is 450 g/mol. The van der Waals surface area contributed by atoms with Crippen LogP contribution in [0.1, 0.15) is 37.6 Å². The van der Waals surface area contributed by atoms with Gasteiger partial charge in [0.05, 0.1) is 12.0 Å². The fourth-order valence-electron chi connectivity index (χ4n) is 3.63. The van der Waals surface area contributed by atoms with Gasteiger partial charge < -0.3 is 15.1 Å². The van der Waals surface area contributed by atoms with E-state index < -0.39 is 6.04 Å². The molecule has 8 heteroatoms. The van der Waals surface area contributed by atoms with Gasteiger partial charge in [-0.3, -0.25) is 9.59 Å². The second-order valence-electron chi connectivity index (χ2n) is 7.60. The van der Waals surface area contributed by atoms with Crippen LogP contribution < -0.4 is 10.6 Å². The van der Waals surface area contributed by atoms with Crippen LogP contribution in [0.3, 0.4) is 0 Å². The van der Waals surface area contributed by atoms with Crippen molar-refractivity contribution >= 4 is 40.5 Å². The van der Waals surface area contributed by atoms with E-state index in [1.54, 1.807) is 43.5 Å². The Balaban J connectivity index is 1.56. The Hall–Kier alpha value is -3.58. The fraction of sp³-hybridized carbons (Fsp3) is 0.208. The summed E-state index contributed by atoms with van der Waals surface area (Å²) >= 11 is 6.01. The lowest BCUT2D eigenvalue weighted by Crippen LogP contribution is -2.38. The standard InChI is InChI=1S/C24H23ClN4O3/c1-15(26-19-5-3-6-20(13-19)27-16(2)30)24(31)29-22(23-7-4-12-32-23)14-21(28-29)17-8-10-18(25)11-9-17/h3-13,15,22,26H,14H2,1-2H3,(H,27,30)/t15-,22+/m0/s1. The van der Waals surface area contributed by atoms with Crippen molar-refractivity contribution in [3.05, 3.63) is 83.3 Å². The molecule has 2 amide bonds. The van der Waals surface area contributed by atoms with Gasteiger partial charge in [0.15, 0.2) is 0 Å². The number of nitrogens with one attached hydrogen (secondary N) is 2. The number of furan rings is 1. The van der Waals surface area contributed by atoms with E-state index >= 15 is 0 Å². The summed E-state index contributed by atoms with van der Waals surface area (Å²) in [4.78, 5) is 24.7. The molecule has 1 aliphatic heterocycles. The largest absolute Gasteiger partial charge is 0.467 e. The second-order valence-corrected chi connectivity index (χ2v) is 8.04. The zero-order valence-corrected chi connectivity index (χ0v) is 18.5. The first-order chi connectivity index (χ1) is 15.4. The quantitative estimate of drug-likeness (QED) is 0.549. The normalized spacial score (nSPS) is 16.4. The number of rotatable bonds is 6. The van der Waals surface area contributed by atoms with Crippen LogP contribution >= 0.6 is 11.6 Å². The maximum atomic E-state index is 13.4. The number of benzene rings is 2. The van der Waals surface area contributed by atoms with E-state index in [0.717, 1.165) is 11.3 Å². The highest BCUT2D eigenvalue weighted by Gasteiger charge is 2.36. The Bertz CT molecular complexity index is 1140. The second kappa shape index (κ2) is 9.28. The number of nitrogens with zero attached hydrogens (tertiary/aromatic N) is 2. The van der Waals surface area contributed by atoms with Crippen LogP contribution in [0, 0.1) is 0 Å². The molecule has 0 saturated heterocycles. The lowest BCUT2D eigenvalue weighted by atomic mass is 10.0. The van der Waals surface area contributed by atoms with Crippen molar-refractivity contribution in [2.45, 2.75) is 32.4 Å². The first-order valence-corrected chi connectivity index (χ1v) is 10.6. The summed E-state index contributed by atoms with van der Waals surface area (Å²) in [6.45, 7) is 3.23. The summed E-state index contributed by atoms with van der Waals surface area (Å²) in [6, 6.07) is 17.4.